The van der Waals surface area contributed by atoms with Gasteiger partial charge in [0.05, 0.1) is 0 Å². The molecule has 2 bridgehead atoms. The fraction of sp³-hybridized carbons (Fsp3) is 0.571. The lowest BCUT2D eigenvalue weighted by Gasteiger charge is -2.33. The molecule has 15 heavy (non-hydrogen) atoms. The highest BCUT2D eigenvalue weighted by Crippen LogP contribution is 2.46. The van der Waals surface area contributed by atoms with E-state index >= 15 is 0 Å². The Morgan fingerprint density at radius 2 is 2.20 bits per heavy atom. The van der Waals surface area contributed by atoms with Crippen molar-refractivity contribution in [2.45, 2.75) is 37.6 Å². The first kappa shape index (κ1) is 9.41. The Hall–Kier alpha value is -0.820. The Bertz CT molecular complexity index is 381. The van der Waals surface area contributed by atoms with Crippen LogP contribution in [-0.2, 0) is 11.8 Å². The van der Waals surface area contributed by atoms with Gasteiger partial charge in [-0.05, 0) is 37.4 Å². The molecular formula is C14H19N. The van der Waals surface area contributed by atoms with Crippen molar-refractivity contribution >= 4 is 0 Å². The summed E-state index contributed by atoms with van der Waals surface area (Å²) < 4.78 is 0. The average Bonchev–Trinajstić information content (AvgIpc) is 2.53. The maximum Gasteiger partial charge on any atom is 0.0142 e. The summed E-state index contributed by atoms with van der Waals surface area (Å²) in [7, 11) is 2.29. The fourth-order valence-electron chi connectivity index (χ4n) is 3.62. The van der Waals surface area contributed by atoms with Crippen LogP contribution < -0.4 is 0 Å². The van der Waals surface area contributed by atoms with Crippen LogP contribution in [0.3, 0.4) is 0 Å². The molecule has 0 aromatic heterocycles. The van der Waals surface area contributed by atoms with E-state index in [0.717, 1.165) is 6.04 Å². The fourth-order valence-corrected chi connectivity index (χ4v) is 3.62. The van der Waals surface area contributed by atoms with Gasteiger partial charge in [0.2, 0.25) is 0 Å². The molecule has 1 heteroatoms. The Labute approximate surface area is 92.1 Å². The van der Waals surface area contributed by atoms with E-state index in [1.807, 2.05) is 0 Å². The van der Waals surface area contributed by atoms with E-state index in [-0.39, 0.29) is 0 Å². The molecule has 0 amide bonds. The number of hydrogen-bond acceptors (Lipinski definition) is 1. The van der Waals surface area contributed by atoms with Gasteiger partial charge in [-0.2, -0.15) is 0 Å². The molecule has 1 nitrogen and oxygen atoms in total. The topological polar surface area (TPSA) is 3.24 Å². The van der Waals surface area contributed by atoms with Gasteiger partial charge in [-0.1, -0.05) is 31.2 Å². The first-order valence-corrected chi connectivity index (χ1v) is 6.04. The largest absolute Gasteiger partial charge is 0.302 e. The predicted molar refractivity (Wildman–Crippen MR) is 63.2 cm³/mol. The maximum absolute atomic E-state index is 2.56. The molecule has 0 radical (unpaired) electrons. The van der Waals surface area contributed by atoms with E-state index in [9.17, 15) is 0 Å². The van der Waals surface area contributed by atoms with Gasteiger partial charge in [0.15, 0.2) is 0 Å². The molecule has 1 fully saturated rings. The van der Waals surface area contributed by atoms with Crippen LogP contribution in [0.2, 0.25) is 0 Å². The van der Waals surface area contributed by atoms with Crippen LogP contribution in [0, 0.1) is 0 Å². The molecule has 0 saturated carbocycles. The number of rotatable bonds is 1. The number of likely N-dealkylation sites (tertiary alicyclic amines) is 1. The van der Waals surface area contributed by atoms with Crippen LogP contribution in [-0.4, -0.2) is 24.5 Å². The molecule has 2 aliphatic rings. The summed E-state index contributed by atoms with van der Waals surface area (Å²) in [4.78, 5) is 2.56. The highest BCUT2D eigenvalue weighted by atomic mass is 15.2. The lowest BCUT2D eigenvalue weighted by Crippen LogP contribution is -2.31. The van der Waals surface area contributed by atoms with Crippen LogP contribution in [0.4, 0.5) is 0 Å². The van der Waals surface area contributed by atoms with Crippen LogP contribution in [0.25, 0.3) is 0 Å². The second kappa shape index (κ2) is 3.08. The van der Waals surface area contributed by atoms with Gasteiger partial charge in [0.25, 0.3) is 0 Å². The molecule has 2 atom stereocenters. The molecular weight excluding hydrogens is 182 g/mol. The first-order valence-electron chi connectivity index (χ1n) is 6.04. The maximum atomic E-state index is 2.56. The van der Waals surface area contributed by atoms with Crippen molar-refractivity contribution in [3.05, 3.63) is 35.4 Å². The molecule has 80 valence electrons. The monoisotopic (exact) mass is 201 g/mol. The first-order chi connectivity index (χ1) is 7.25. The molecule has 0 spiro atoms. The van der Waals surface area contributed by atoms with Crippen molar-refractivity contribution in [1.82, 2.24) is 4.90 Å². The van der Waals surface area contributed by atoms with Gasteiger partial charge in [0.1, 0.15) is 0 Å². The Kier molecular flexibility index (Phi) is 1.93. The van der Waals surface area contributed by atoms with E-state index in [0.29, 0.717) is 5.41 Å². The molecule has 0 N–H and O–H groups in total. The van der Waals surface area contributed by atoms with Crippen molar-refractivity contribution in [2.24, 2.45) is 0 Å². The van der Waals surface area contributed by atoms with Crippen molar-refractivity contribution in [2.75, 3.05) is 13.6 Å². The van der Waals surface area contributed by atoms with E-state index in [4.69, 9.17) is 0 Å². The summed E-state index contributed by atoms with van der Waals surface area (Å²) in [5.41, 5.74) is 3.70. The standard InChI is InChI=1S/C14H19N/c1-3-14-9-12(15(2)10-14)8-11-6-4-5-7-13(11)14/h4-7,12H,3,8-10H2,1-2H3. The third kappa shape index (κ3) is 1.19. The molecule has 1 aromatic rings. The van der Waals surface area contributed by atoms with Crippen molar-refractivity contribution in [3.63, 3.8) is 0 Å². The Balaban J connectivity index is 2.15. The zero-order chi connectivity index (χ0) is 10.5. The lowest BCUT2D eigenvalue weighted by atomic mass is 9.70. The Morgan fingerprint density at radius 1 is 1.40 bits per heavy atom. The summed E-state index contributed by atoms with van der Waals surface area (Å²) >= 11 is 0. The smallest absolute Gasteiger partial charge is 0.0142 e. The van der Waals surface area contributed by atoms with Gasteiger partial charge in [0, 0.05) is 18.0 Å². The molecule has 1 aliphatic carbocycles. The summed E-state index contributed by atoms with van der Waals surface area (Å²) in [5, 5.41) is 0. The van der Waals surface area contributed by atoms with Crippen molar-refractivity contribution in [1.29, 1.82) is 0 Å². The highest BCUT2D eigenvalue weighted by molar-refractivity contribution is 5.40. The van der Waals surface area contributed by atoms with Crippen LogP contribution in [0.15, 0.2) is 24.3 Å². The lowest BCUT2D eigenvalue weighted by molar-refractivity contribution is 0.308. The zero-order valence-corrected chi connectivity index (χ0v) is 9.66. The summed E-state index contributed by atoms with van der Waals surface area (Å²) in [6, 6.07) is 9.86. The highest BCUT2D eigenvalue weighted by Gasteiger charge is 2.46. The third-order valence-electron chi connectivity index (χ3n) is 4.52. The van der Waals surface area contributed by atoms with Gasteiger partial charge in [-0.25, -0.2) is 0 Å². The minimum Gasteiger partial charge on any atom is -0.302 e. The number of hydrogen-bond donors (Lipinski definition) is 0. The number of benzene rings is 1. The molecule has 1 aromatic carbocycles. The molecule has 1 heterocycles. The number of nitrogens with zero attached hydrogens (tertiary/aromatic N) is 1. The van der Waals surface area contributed by atoms with Crippen LogP contribution in [0.5, 0.6) is 0 Å². The SMILES string of the molecule is CCC12CC(Cc3ccccc31)N(C)C2. The summed E-state index contributed by atoms with van der Waals surface area (Å²) in [6.07, 6.45) is 3.91. The summed E-state index contributed by atoms with van der Waals surface area (Å²) in [5.74, 6) is 0. The normalized spacial score (nSPS) is 34.1. The predicted octanol–water partition coefficient (Wildman–Crippen LogP) is 2.59. The van der Waals surface area contributed by atoms with Crippen LogP contribution >= 0.6 is 0 Å². The molecule has 1 saturated heterocycles. The van der Waals surface area contributed by atoms with Crippen molar-refractivity contribution < 1.29 is 0 Å². The van der Waals surface area contributed by atoms with Crippen LogP contribution in [0.1, 0.15) is 30.9 Å². The van der Waals surface area contributed by atoms with E-state index in [2.05, 4.69) is 43.1 Å². The third-order valence-corrected chi connectivity index (χ3v) is 4.52. The zero-order valence-electron chi connectivity index (χ0n) is 9.66. The minimum atomic E-state index is 0.467. The van der Waals surface area contributed by atoms with Gasteiger partial charge in [-0.3, -0.25) is 0 Å². The van der Waals surface area contributed by atoms with E-state index in [1.165, 1.54) is 25.8 Å². The van der Waals surface area contributed by atoms with E-state index < -0.39 is 0 Å². The van der Waals surface area contributed by atoms with Gasteiger partial charge in [-0.15, -0.1) is 0 Å². The van der Waals surface area contributed by atoms with Crippen molar-refractivity contribution in [3.8, 4) is 0 Å². The number of likely N-dealkylation sites (N-methyl/N-ethyl adjacent to an activating group) is 1. The summed E-state index contributed by atoms with van der Waals surface area (Å²) in [6.45, 7) is 3.60. The second-order valence-corrected chi connectivity index (χ2v) is 5.27. The second-order valence-electron chi connectivity index (χ2n) is 5.27. The van der Waals surface area contributed by atoms with E-state index in [1.54, 1.807) is 11.1 Å². The minimum absolute atomic E-state index is 0.467. The molecule has 2 unspecified atom stereocenters. The van der Waals surface area contributed by atoms with Gasteiger partial charge >= 0.3 is 0 Å². The Morgan fingerprint density at radius 3 is 3.00 bits per heavy atom. The molecule has 3 rings (SSSR count). The van der Waals surface area contributed by atoms with Gasteiger partial charge < -0.3 is 4.90 Å². The number of fused-ring (bicyclic) bond motifs is 4. The molecule has 1 aliphatic heterocycles. The quantitative estimate of drug-likeness (QED) is 0.675. The average molecular weight is 201 g/mol.